The van der Waals surface area contributed by atoms with E-state index >= 15 is 0 Å². The largest absolute Gasteiger partial charge is 0.394 e. The second-order valence-corrected chi connectivity index (χ2v) is 9.13. The van der Waals surface area contributed by atoms with Crippen molar-refractivity contribution in [1.29, 1.82) is 0 Å². The van der Waals surface area contributed by atoms with Crippen molar-refractivity contribution in [3.05, 3.63) is 6.92 Å². The van der Waals surface area contributed by atoms with Crippen LogP contribution in [0.2, 0.25) is 0 Å². The van der Waals surface area contributed by atoms with E-state index in [1.165, 1.54) is 38.5 Å². The van der Waals surface area contributed by atoms with Crippen LogP contribution in [0, 0.1) is 12.8 Å². The second kappa shape index (κ2) is 18.2. The van der Waals surface area contributed by atoms with Gasteiger partial charge in [0.15, 0.2) is 0 Å². The molecule has 1 aliphatic heterocycles. The molecule has 6 atom stereocenters. The van der Waals surface area contributed by atoms with Crippen molar-refractivity contribution in [2.45, 2.75) is 127 Å². The van der Waals surface area contributed by atoms with E-state index in [1.54, 1.807) is 0 Å². The first-order valence-electron chi connectivity index (χ1n) is 12.7. The van der Waals surface area contributed by atoms with E-state index in [0.29, 0.717) is 0 Å². The molecule has 1 fully saturated rings. The Bertz CT molecular complexity index is 405. The predicted molar refractivity (Wildman–Crippen MR) is 124 cm³/mol. The van der Waals surface area contributed by atoms with Gasteiger partial charge in [0, 0.05) is 13.2 Å². The summed E-state index contributed by atoms with van der Waals surface area (Å²) in [5.74, 6) is 0.129. The predicted octanol–water partition coefficient (Wildman–Crippen LogP) is 3.78. The van der Waals surface area contributed by atoms with E-state index in [9.17, 15) is 20.4 Å². The molecule has 6 heteroatoms. The highest BCUT2D eigenvalue weighted by molar-refractivity contribution is 4.94. The van der Waals surface area contributed by atoms with Crippen molar-refractivity contribution in [1.82, 2.24) is 0 Å². The van der Waals surface area contributed by atoms with Gasteiger partial charge >= 0.3 is 0 Å². The van der Waals surface area contributed by atoms with Crippen molar-refractivity contribution in [2.75, 3.05) is 19.8 Å². The van der Waals surface area contributed by atoms with E-state index in [-0.39, 0.29) is 12.5 Å². The highest BCUT2D eigenvalue weighted by Gasteiger charge is 2.45. The lowest BCUT2D eigenvalue weighted by Crippen LogP contribution is -2.60. The maximum atomic E-state index is 10.6. The molecule has 6 nitrogen and oxygen atoms in total. The van der Waals surface area contributed by atoms with Crippen molar-refractivity contribution in [3.8, 4) is 0 Å². The minimum atomic E-state index is -1.27. The standard InChI is InChI=1S/C25H49O6/c1-3-5-6-9-12-15-20(16-13-10-7-8-11-14-18-30-17-4-2)25-24(29)23(28)22(27)21(19-26)31-25/h20-29H,2-19H2,1H3/t20-,21+,22-,23-,24+,25?/m0/s1. The van der Waals surface area contributed by atoms with Crippen molar-refractivity contribution < 1.29 is 29.9 Å². The summed E-state index contributed by atoms with van der Waals surface area (Å²) in [7, 11) is 0. The van der Waals surface area contributed by atoms with Crippen LogP contribution >= 0.6 is 0 Å². The van der Waals surface area contributed by atoms with Gasteiger partial charge in [-0.2, -0.15) is 0 Å². The summed E-state index contributed by atoms with van der Waals surface area (Å²) in [6.07, 6.45) is 10.5. The maximum absolute atomic E-state index is 10.6. The summed E-state index contributed by atoms with van der Waals surface area (Å²) >= 11 is 0. The highest BCUT2D eigenvalue weighted by Crippen LogP contribution is 2.32. The van der Waals surface area contributed by atoms with Crippen molar-refractivity contribution in [3.63, 3.8) is 0 Å². The van der Waals surface area contributed by atoms with Gasteiger partial charge in [0.25, 0.3) is 0 Å². The molecule has 1 unspecified atom stereocenters. The Kier molecular flexibility index (Phi) is 16.9. The van der Waals surface area contributed by atoms with Gasteiger partial charge < -0.3 is 29.9 Å². The third-order valence-electron chi connectivity index (χ3n) is 6.47. The number of rotatable bonds is 19. The molecular weight excluding hydrogens is 396 g/mol. The molecule has 0 bridgehead atoms. The van der Waals surface area contributed by atoms with Crippen LogP contribution in [0.3, 0.4) is 0 Å². The molecule has 185 valence electrons. The quantitative estimate of drug-likeness (QED) is 0.226. The third kappa shape index (κ3) is 11.4. The first kappa shape index (κ1) is 28.8. The maximum Gasteiger partial charge on any atom is 0.111 e. The molecule has 0 aromatic carbocycles. The number of unbranched alkanes of at least 4 members (excludes halogenated alkanes) is 9. The summed E-state index contributed by atoms with van der Waals surface area (Å²) < 4.78 is 11.3. The van der Waals surface area contributed by atoms with Gasteiger partial charge in [0.05, 0.1) is 12.7 Å². The Morgan fingerprint density at radius 3 is 1.94 bits per heavy atom. The zero-order valence-electron chi connectivity index (χ0n) is 19.8. The molecule has 4 N–H and O–H groups in total. The summed E-state index contributed by atoms with van der Waals surface area (Å²) in [5, 5.41) is 40.4. The van der Waals surface area contributed by atoms with Gasteiger partial charge in [-0.15, -0.1) is 0 Å². The zero-order valence-corrected chi connectivity index (χ0v) is 19.8. The van der Waals surface area contributed by atoms with Crippen LogP contribution < -0.4 is 0 Å². The smallest absolute Gasteiger partial charge is 0.111 e. The van der Waals surface area contributed by atoms with Gasteiger partial charge in [-0.1, -0.05) is 78.1 Å². The molecule has 0 aromatic rings. The Balaban J connectivity index is 2.43. The molecule has 0 spiro atoms. The van der Waals surface area contributed by atoms with Crippen LogP contribution in [-0.2, 0) is 9.47 Å². The Labute approximate surface area is 190 Å². The molecule has 1 heterocycles. The lowest BCUT2D eigenvalue weighted by atomic mass is 9.82. The molecule has 0 aliphatic carbocycles. The molecule has 0 amide bonds. The summed E-state index contributed by atoms with van der Waals surface area (Å²) in [6, 6.07) is 0. The Morgan fingerprint density at radius 1 is 0.774 bits per heavy atom. The van der Waals surface area contributed by atoms with Crippen LogP contribution in [0.5, 0.6) is 0 Å². The summed E-state index contributed by atoms with van der Waals surface area (Å²) in [5.41, 5.74) is 0. The normalized spacial score (nSPS) is 27.5. The van der Waals surface area contributed by atoms with Crippen LogP contribution in [0.15, 0.2) is 0 Å². The minimum absolute atomic E-state index is 0.129. The van der Waals surface area contributed by atoms with E-state index in [4.69, 9.17) is 9.47 Å². The first-order valence-corrected chi connectivity index (χ1v) is 12.7. The molecule has 1 rings (SSSR count). The number of hydrogen-bond donors (Lipinski definition) is 4. The molecule has 0 aromatic heterocycles. The lowest BCUT2D eigenvalue weighted by molar-refractivity contribution is -0.242. The number of hydrogen-bond acceptors (Lipinski definition) is 6. The first-order chi connectivity index (χ1) is 15.1. The Hall–Kier alpha value is -0.240. The van der Waals surface area contributed by atoms with Gasteiger partial charge in [0.2, 0.25) is 0 Å². The van der Waals surface area contributed by atoms with E-state index < -0.39 is 30.5 Å². The van der Waals surface area contributed by atoms with Crippen LogP contribution in [-0.4, -0.2) is 70.8 Å². The summed E-state index contributed by atoms with van der Waals surface area (Å²) in [6.45, 7) is 7.18. The molecule has 1 aliphatic rings. The van der Waals surface area contributed by atoms with Crippen LogP contribution in [0.25, 0.3) is 0 Å². The zero-order chi connectivity index (χ0) is 22.9. The number of aliphatic hydroxyl groups is 4. The highest BCUT2D eigenvalue weighted by atomic mass is 16.5. The fourth-order valence-electron chi connectivity index (χ4n) is 4.52. The molecular formula is C25H49O6. The number of aliphatic hydroxyl groups excluding tert-OH is 4. The van der Waals surface area contributed by atoms with Gasteiger partial charge in [-0.05, 0) is 31.6 Å². The minimum Gasteiger partial charge on any atom is -0.394 e. The fourth-order valence-corrected chi connectivity index (χ4v) is 4.52. The van der Waals surface area contributed by atoms with Crippen molar-refractivity contribution in [2.24, 2.45) is 5.92 Å². The Morgan fingerprint density at radius 2 is 1.35 bits per heavy atom. The van der Waals surface area contributed by atoms with Gasteiger partial charge in [0.1, 0.15) is 24.4 Å². The SMILES string of the molecule is [CH2]CCOCCCCCCCC[C@H](CCCCCCC)C1O[C@H](CO)[C@H](O)[C@H](O)[C@H]1O. The van der Waals surface area contributed by atoms with Crippen LogP contribution in [0.1, 0.15) is 96.8 Å². The second-order valence-electron chi connectivity index (χ2n) is 9.13. The van der Waals surface area contributed by atoms with E-state index in [0.717, 1.165) is 64.6 Å². The topological polar surface area (TPSA) is 99.4 Å². The molecule has 1 saturated heterocycles. The molecule has 31 heavy (non-hydrogen) atoms. The monoisotopic (exact) mass is 445 g/mol. The van der Waals surface area contributed by atoms with E-state index in [1.807, 2.05) is 0 Å². The van der Waals surface area contributed by atoms with E-state index in [2.05, 4.69) is 13.8 Å². The van der Waals surface area contributed by atoms with Crippen molar-refractivity contribution >= 4 is 0 Å². The number of ether oxygens (including phenoxy) is 2. The average molecular weight is 446 g/mol. The fraction of sp³-hybridized carbons (Fsp3) is 0.960. The van der Waals surface area contributed by atoms with Gasteiger partial charge in [-0.3, -0.25) is 0 Å². The van der Waals surface area contributed by atoms with Crippen LogP contribution in [0.4, 0.5) is 0 Å². The van der Waals surface area contributed by atoms with Gasteiger partial charge in [-0.25, -0.2) is 0 Å². The molecule has 1 radical (unpaired) electrons. The summed E-state index contributed by atoms with van der Waals surface area (Å²) in [4.78, 5) is 0. The average Bonchev–Trinajstić information content (AvgIpc) is 2.77. The molecule has 0 saturated carbocycles. The third-order valence-corrected chi connectivity index (χ3v) is 6.47. The lowest BCUT2D eigenvalue weighted by Gasteiger charge is -2.43.